The molecular formula is C14H19N3O2. The van der Waals surface area contributed by atoms with Crippen LogP contribution in [-0.4, -0.2) is 33.8 Å². The van der Waals surface area contributed by atoms with Crippen LogP contribution in [-0.2, 0) is 9.59 Å². The molecule has 5 nitrogen and oxygen atoms in total. The van der Waals surface area contributed by atoms with Crippen LogP contribution in [0.25, 0.3) is 0 Å². The minimum atomic E-state index is -0.471. The van der Waals surface area contributed by atoms with Crippen molar-refractivity contribution < 1.29 is 9.59 Å². The second-order valence-electron chi connectivity index (χ2n) is 4.83. The molecule has 0 spiro atoms. The first-order chi connectivity index (χ1) is 9.06. The van der Waals surface area contributed by atoms with Crippen molar-refractivity contribution in [3.8, 4) is 0 Å². The molecule has 1 aromatic rings. The Balaban J connectivity index is 2.33. The number of aromatic nitrogens is 1. The van der Waals surface area contributed by atoms with E-state index in [0.717, 1.165) is 5.69 Å². The number of nitrogens with one attached hydrogen (secondary N) is 1. The summed E-state index contributed by atoms with van der Waals surface area (Å²) >= 11 is 0. The molecule has 0 radical (unpaired) electrons. The zero-order valence-electron chi connectivity index (χ0n) is 11.5. The Hall–Kier alpha value is -1.91. The lowest BCUT2D eigenvalue weighted by molar-refractivity contribution is -0.151. The van der Waals surface area contributed by atoms with Gasteiger partial charge in [-0.05, 0) is 32.4 Å². The Kier molecular flexibility index (Phi) is 3.83. The van der Waals surface area contributed by atoms with E-state index in [-0.39, 0.29) is 17.9 Å². The van der Waals surface area contributed by atoms with Gasteiger partial charge < -0.3 is 10.2 Å². The van der Waals surface area contributed by atoms with Crippen molar-refractivity contribution in [2.75, 3.05) is 0 Å². The van der Waals surface area contributed by atoms with Gasteiger partial charge in [0.05, 0.1) is 11.7 Å². The van der Waals surface area contributed by atoms with Crippen LogP contribution < -0.4 is 5.32 Å². The number of amides is 2. The highest BCUT2D eigenvalue weighted by Gasteiger charge is 2.40. The van der Waals surface area contributed by atoms with Crippen LogP contribution in [0.15, 0.2) is 24.4 Å². The third-order valence-electron chi connectivity index (χ3n) is 3.54. The Morgan fingerprint density at radius 1 is 1.42 bits per heavy atom. The summed E-state index contributed by atoms with van der Waals surface area (Å²) in [6.45, 7) is 5.53. The molecule has 19 heavy (non-hydrogen) atoms. The summed E-state index contributed by atoms with van der Waals surface area (Å²) in [7, 11) is 0. The third-order valence-corrected chi connectivity index (χ3v) is 3.54. The number of hydrogen-bond acceptors (Lipinski definition) is 3. The summed E-state index contributed by atoms with van der Waals surface area (Å²) in [6.07, 6.45) is 2.30. The lowest BCUT2D eigenvalue weighted by Crippen LogP contribution is -2.62. The van der Waals surface area contributed by atoms with Gasteiger partial charge in [0.15, 0.2) is 0 Å². The van der Waals surface area contributed by atoms with Gasteiger partial charge in [0.2, 0.25) is 11.8 Å². The van der Waals surface area contributed by atoms with Crippen LogP contribution >= 0.6 is 0 Å². The molecule has 0 aliphatic carbocycles. The van der Waals surface area contributed by atoms with E-state index in [9.17, 15) is 9.59 Å². The van der Waals surface area contributed by atoms with Crippen molar-refractivity contribution in [1.29, 1.82) is 0 Å². The zero-order valence-corrected chi connectivity index (χ0v) is 11.5. The van der Waals surface area contributed by atoms with Gasteiger partial charge in [-0.25, -0.2) is 0 Å². The molecule has 2 rings (SSSR count). The summed E-state index contributed by atoms with van der Waals surface area (Å²) in [5.74, 6) is -0.137. The summed E-state index contributed by atoms with van der Waals surface area (Å²) in [6, 6.07) is 4.51. The van der Waals surface area contributed by atoms with E-state index in [4.69, 9.17) is 0 Å². The maximum atomic E-state index is 12.3. The second kappa shape index (κ2) is 5.38. The minimum Gasteiger partial charge on any atom is -0.343 e. The van der Waals surface area contributed by atoms with Gasteiger partial charge in [0.25, 0.3) is 0 Å². The van der Waals surface area contributed by atoms with Crippen molar-refractivity contribution in [2.45, 2.75) is 45.3 Å². The molecule has 0 saturated carbocycles. The van der Waals surface area contributed by atoms with E-state index in [2.05, 4.69) is 10.3 Å². The Labute approximate surface area is 113 Å². The van der Waals surface area contributed by atoms with Crippen LogP contribution in [0.5, 0.6) is 0 Å². The summed E-state index contributed by atoms with van der Waals surface area (Å²) in [4.78, 5) is 30.3. The summed E-state index contributed by atoms with van der Waals surface area (Å²) < 4.78 is 0. The number of piperazine rings is 1. The number of pyridine rings is 1. The van der Waals surface area contributed by atoms with Gasteiger partial charge in [-0.1, -0.05) is 13.0 Å². The lowest BCUT2D eigenvalue weighted by Gasteiger charge is -2.41. The predicted octanol–water partition coefficient (Wildman–Crippen LogP) is 1.27. The molecule has 0 bridgehead atoms. The van der Waals surface area contributed by atoms with Crippen molar-refractivity contribution in [3.63, 3.8) is 0 Å². The van der Waals surface area contributed by atoms with Gasteiger partial charge in [-0.2, -0.15) is 0 Å². The van der Waals surface area contributed by atoms with Crippen molar-refractivity contribution in [3.05, 3.63) is 30.1 Å². The van der Waals surface area contributed by atoms with E-state index in [1.165, 1.54) is 0 Å². The SMILES string of the molecule is CCC1C(=O)NC(C)C(=O)N1C(C)c1ccccn1. The topological polar surface area (TPSA) is 62.3 Å². The molecule has 5 heteroatoms. The zero-order chi connectivity index (χ0) is 14.0. The number of carbonyl (C=O) groups is 2. The molecule has 2 amide bonds. The molecule has 0 aromatic carbocycles. The summed E-state index contributed by atoms with van der Waals surface area (Å²) in [5.41, 5.74) is 0.802. The lowest BCUT2D eigenvalue weighted by atomic mass is 10.0. The Bertz CT molecular complexity index is 475. The van der Waals surface area contributed by atoms with Crippen LogP contribution in [0.3, 0.4) is 0 Å². The van der Waals surface area contributed by atoms with E-state index in [0.29, 0.717) is 6.42 Å². The fourth-order valence-electron chi connectivity index (χ4n) is 2.48. The van der Waals surface area contributed by atoms with Crippen LogP contribution in [0.4, 0.5) is 0 Å². The van der Waals surface area contributed by atoms with E-state index in [1.54, 1.807) is 18.0 Å². The van der Waals surface area contributed by atoms with Crippen molar-refractivity contribution in [1.82, 2.24) is 15.2 Å². The molecule has 1 aliphatic rings. The monoisotopic (exact) mass is 261 g/mol. The normalized spacial score (nSPS) is 25.1. The van der Waals surface area contributed by atoms with Crippen LogP contribution in [0, 0.1) is 0 Å². The van der Waals surface area contributed by atoms with E-state index < -0.39 is 12.1 Å². The summed E-state index contributed by atoms with van der Waals surface area (Å²) in [5, 5.41) is 2.72. The van der Waals surface area contributed by atoms with E-state index in [1.807, 2.05) is 32.0 Å². The maximum Gasteiger partial charge on any atom is 0.246 e. The molecule has 3 atom stereocenters. The van der Waals surface area contributed by atoms with Gasteiger partial charge in [-0.3, -0.25) is 14.6 Å². The molecule has 3 unspecified atom stereocenters. The van der Waals surface area contributed by atoms with E-state index >= 15 is 0 Å². The van der Waals surface area contributed by atoms with Crippen molar-refractivity contribution >= 4 is 11.8 Å². The van der Waals surface area contributed by atoms with Gasteiger partial charge in [-0.15, -0.1) is 0 Å². The first-order valence-corrected chi connectivity index (χ1v) is 6.59. The molecule has 1 saturated heterocycles. The molecule has 2 heterocycles. The maximum absolute atomic E-state index is 12.3. The highest BCUT2D eigenvalue weighted by Crippen LogP contribution is 2.25. The van der Waals surface area contributed by atoms with Gasteiger partial charge in [0, 0.05) is 6.20 Å². The molecule has 1 aliphatic heterocycles. The highest BCUT2D eigenvalue weighted by atomic mass is 16.2. The molecule has 1 aromatic heterocycles. The average Bonchev–Trinajstić information content (AvgIpc) is 2.42. The number of carbonyl (C=O) groups excluding carboxylic acids is 2. The predicted molar refractivity (Wildman–Crippen MR) is 71.2 cm³/mol. The fourth-order valence-corrected chi connectivity index (χ4v) is 2.48. The molecule has 1 fully saturated rings. The van der Waals surface area contributed by atoms with Gasteiger partial charge in [0.1, 0.15) is 12.1 Å². The molecular weight excluding hydrogens is 242 g/mol. The molecule has 1 N–H and O–H groups in total. The van der Waals surface area contributed by atoms with Gasteiger partial charge >= 0.3 is 0 Å². The second-order valence-corrected chi connectivity index (χ2v) is 4.83. The standard InChI is InChI=1S/C14H19N3O2/c1-4-12-13(18)16-9(2)14(19)17(12)10(3)11-7-5-6-8-15-11/h5-10,12H,4H2,1-3H3,(H,16,18). The Morgan fingerprint density at radius 3 is 2.74 bits per heavy atom. The largest absolute Gasteiger partial charge is 0.343 e. The average molecular weight is 261 g/mol. The minimum absolute atomic E-state index is 0.0513. The third kappa shape index (κ3) is 2.45. The number of hydrogen-bond donors (Lipinski definition) is 1. The fraction of sp³-hybridized carbons (Fsp3) is 0.500. The number of nitrogens with zero attached hydrogens (tertiary/aromatic N) is 2. The molecule has 102 valence electrons. The highest BCUT2D eigenvalue weighted by molar-refractivity contribution is 5.96. The van der Waals surface area contributed by atoms with Crippen LogP contribution in [0.2, 0.25) is 0 Å². The quantitative estimate of drug-likeness (QED) is 0.891. The number of rotatable bonds is 3. The first kappa shape index (κ1) is 13.5. The van der Waals surface area contributed by atoms with Crippen LogP contribution in [0.1, 0.15) is 38.9 Å². The first-order valence-electron chi connectivity index (χ1n) is 6.59. The smallest absolute Gasteiger partial charge is 0.246 e. The van der Waals surface area contributed by atoms with Crippen molar-refractivity contribution in [2.24, 2.45) is 0 Å². The Morgan fingerprint density at radius 2 is 2.16 bits per heavy atom.